The van der Waals surface area contributed by atoms with Crippen molar-refractivity contribution in [2.45, 2.75) is 26.4 Å². The van der Waals surface area contributed by atoms with Gasteiger partial charge in [0.2, 0.25) is 0 Å². The number of carbonyl (C=O) groups is 6. The highest BCUT2D eigenvalue weighted by Crippen LogP contribution is 2.39. The molecule has 430 valence electrons. The van der Waals surface area contributed by atoms with Crippen LogP contribution in [0.4, 0.5) is 55.1 Å². The molecule has 0 aromatic heterocycles. The van der Waals surface area contributed by atoms with Crippen LogP contribution in [0.5, 0.6) is 0 Å². The van der Waals surface area contributed by atoms with E-state index < -0.39 is 82.1 Å². The van der Waals surface area contributed by atoms with Crippen molar-refractivity contribution < 1.29 is 67.4 Å². The SMILES string of the molecule is O=C(Nc1ccc(NC(=O)Nc2c(I)c(C(=O)OCc3ccccc3[N+](=O)[O-])c(I)c(C(=O)OCc3ccccc3[N+](=O)[O-])c2I)cc1)Nc1c(I)c(C(=O)OCc2ccccc2[N+](=O)[O-])c(I)c(C(=O)OCc2ccccc2[N+](=O)[O-])c1I. The van der Waals surface area contributed by atoms with Crippen LogP contribution in [0, 0.1) is 61.9 Å². The van der Waals surface area contributed by atoms with E-state index in [0.29, 0.717) is 0 Å². The Morgan fingerprint density at radius 2 is 0.548 bits per heavy atom. The minimum Gasteiger partial charge on any atom is -0.457 e. The number of hydrogen-bond acceptors (Lipinski definition) is 18. The predicted octanol–water partition coefficient (Wildman–Crippen LogP) is 13.7. The lowest BCUT2D eigenvalue weighted by Gasteiger charge is -2.19. The van der Waals surface area contributed by atoms with Crippen LogP contribution >= 0.6 is 136 Å². The van der Waals surface area contributed by atoms with Gasteiger partial charge in [0.05, 0.1) is 89.9 Å². The van der Waals surface area contributed by atoms with E-state index in [1.54, 1.807) is 136 Å². The number of nitro groups is 4. The van der Waals surface area contributed by atoms with Gasteiger partial charge in [-0.2, -0.15) is 0 Å². The Hall–Kier alpha value is -7.06. The van der Waals surface area contributed by atoms with Crippen LogP contribution in [0.2, 0.25) is 0 Å². The Bertz CT molecular complexity index is 3440. The summed E-state index contributed by atoms with van der Waals surface area (Å²) in [6.45, 7) is -2.22. The first kappa shape index (κ1) is 64.5. The molecule has 0 unspecified atom stereocenters. The standard InChI is InChI=1S/C52H32I6N8O18/c53-39-35(47(67)81-21-25-9-1-5-13-31(25)63(73)74)41(55)45(42(56)36(39)48(68)82-22-26-10-2-6-14-32(26)64(75)76)61-51(71)59-29-17-19-30(20-18-29)60-52(72)62-46-43(57)37(49(69)83-23-27-11-3-7-15-33(27)65(77)78)40(54)38(44(46)58)50(70)84-24-28-12-4-8-16-34(28)66(79)80/h1-20H,21-24H2,(H2,59,61,71)(H2,60,62,72). The van der Waals surface area contributed by atoms with Crippen LogP contribution in [0.15, 0.2) is 121 Å². The highest BCUT2D eigenvalue weighted by atomic mass is 127. The molecule has 0 aliphatic heterocycles. The van der Waals surface area contributed by atoms with Crippen molar-refractivity contribution in [2.24, 2.45) is 0 Å². The van der Waals surface area contributed by atoms with Gasteiger partial charge < -0.3 is 40.2 Å². The Kier molecular flexibility index (Phi) is 22.4. The number of carbonyl (C=O) groups excluding carboxylic acids is 6. The second kappa shape index (κ2) is 29.2. The number of nitrogens with zero attached hydrogens (tertiary/aromatic N) is 4. The quantitative estimate of drug-likeness (QED) is 0.0181. The molecule has 0 aliphatic rings. The molecule has 0 fully saturated rings. The molecule has 7 aromatic carbocycles. The van der Waals surface area contributed by atoms with E-state index in [4.69, 9.17) is 18.9 Å². The third-order valence-corrected chi connectivity index (χ3v) is 18.0. The van der Waals surface area contributed by atoms with E-state index in [1.807, 2.05) is 0 Å². The first-order chi connectivity index (χ1) is 40.0. The van der Waals surface area contributed by atoms with Gasteiger partial charge >= 0.3 is 35.9 Å². The van der Waals surface area contributed by atoms with E-state index in [-0.39, 0.29) is 111 Å². The second-order valence-electron chi connectivity index (χ2n) is 16.7. The van der Waals surface area contributed by atoms with Gasteiger partial charge in [-0.3, -0.25) is 40.5 Å². The van der Waals surface area contributed by atoms with Gasteiger partial charge in [0.1, 0.15) is 26.4 Å². The van der Waals surface area contributed by atoms with Crippen molar-refractivity contribution in [1.29, 1.82) is 0 Å². The van der Waals surface area contributed by atoms with Crippen molar-refractivity contribution in [3.05, 3.63) is 228 Å². The topological polar surface area (TPSA) is 360 Å². The molecule has 0 aliphatic carbocycles. The van der Waals surface area contributed by atoms with E-state index in [0.717, 1.165) is 0 Å². The number of rotatable bonds is 20. The normalized spacial score (nSPS) is 10.6. The average Bonchev–Trinajstić information content (AvgIpc) is 1.50. The fourth-order valence-corrected chi connectivity index (χ4v) is 16.2. The second-order valence-corrected chi connectivity index (χ2v) is 23.2. The highest BCUT2D eigenvalue weighted by molar-refractivity contribution is 14.1. The zero-order valence-corrected chi connectivity index (χ0v) is 54.7. The van der Waals surface area contributed by atoms with Crippen molar-refractivity contribution in [3.63, 3.8) is 0 Å². The fourth-order valence-electron chi connectivity index (χ4n) is 7.56. The third kappa shape index (κ3) is 15.4. The highest BCUT2D eigenvalue weighted by Gasteiger charge is 2.33. The molecule has 4 N–H and O–H groups in total. The molecule has 0 atom stereocenters. The average molecular weight is 1820 g/mol. The van der Waals surface area contributed by atoms with Crippen molar-refractivity contribution in [2.75, 3.05) is 21.3 Å². The van der Waals surface area contributed by atoms with Gasteiger partial charge in [-0.15, -0.1) is 0 Å². The molecule has 32 heteroatoms. The summed E-state index contributed by atoms with van der Waals surface area (Å²) in [6, 6.07) is 26.0. The van der Waals surface area contributed by atoms with Crippen molar-refractivity contribution in [1.82, 2.24) is 0 Å². The number of esters is 4. The molecule has 0 bridgehead atoms. The van der Waals surface area contributed by atoms with Crippen LogP contribution < -0.4 is 21.3 Å². The molecule has 26 nitrogen and oxygen atoms in total. The fraction of sp³-hybridized carbons (Fsp3) is 0.0769. The van der Waals surface area contributed by atoms with Gasteiger partial charge in [-0.1, -0.05) is 48.5 Å². The van der Waals surface area contributed by atoms with Crippen LogP contribution in [0.1, 0.15) is 63.7 Å². The van der Waals surface area contributed by atoms with Gasteiger partial charge in [-0.05, 0) is 184 Å². The maximum absolute atomic E-state index is 13.9. The number of halogens is 6. The van der Waals surface area contributed by atoms with Crippen LogP contribution in [0.3, 0.4) is 0 Å². The molecule has 84 heavy (non-hydrogen) atoms. The number of benzene rings is 7. The number of anilines is 4. The molecule has 7 rings (SSSR count). The van der Waals surface area contributed by atoms with E-state index in [2.05, 4.69) is 21.3 Å². The Morgan fingerprint density at radius 1 is 0.333 bits per heavy atom. The lowest BCUT2D eigenvalue weighted by Crippen LogP contribution is -2.25. The number of amides is 4. The van der Waals surface area contributed by atoms with E-state index >= 15 is 0 Å². The minimum atomic E-state index is -1.04. The number of nitro benzene ring substituents is 4. The molecule has 0 radical (unpaired) electrons. The number of urea groups is 2. The summed E-state index contributed by atoms with van der Waals surface area (Å²) in [5, 5.41) is 57.3. The monoisotopic (exact) mass is 1820 g/mol. The van der Waals surface area contributed by atoms with Gasteiger partial charge in [-0.25, -0.2) is 28.8 Å². The zero-order valence-electron chi connectivity index (χ0n) is 41.8. The Labute approximate surface area is 553 Å². The summed E-state index contributed by atoms with van der Waals surface area (Å²) in [5.41, 5.74) is -1.82. The number of para-hydroxylation sites is 4. The van der Waals surface area contributed by atoms with Crippen molar-refractivity contribution in [3.8, 4) is 0 Å². The first-order valence-corrected chi connectivity index (χ1v) is 29.7. The number of nitrogens with one attached hydrogen (secondary N) is 4. The first-order valence-electron chi connectivity index (χ1n) is 23.2. The maximum Gasteiger partial charge on any atom is 0.340 e. The zero-order chi connectivity index (χ0) is 61.1. The molecule has 0 saturated heterocycles. The summed E-state index contributed by atoms with van der Waals surface area (Å²) in [7, 11) is 0. The molecule has 0 heterocycles. The van der Waals surface area contributed by atoms with E-state index in [9.17, 15) is 69.2 Å². The Morgan fingerprint density at radius 3 is 0.762 bits per heavy atom. The van der Waals surface area contributed by atoms with Gasteiger partial charge in [0, 0.05) is 42.8 Å². The van der Waals surface area contributed by atoms with Crippen LogP contribution in [-0.2, 0) is 45.4 Å². The largest absolute Gasteiger partial charge is 0.457 e. The molecule has 0 saturated carbocycles. The number of ether oxygens (including phenoxy) is 4. The summed E-state index contributed by atoms with van der Waals surface area (Å²) >= 11 is 10.5. The molecular formula is C52H32I6N8O18. The summed E-state index contributed by atoms with van der Waals surface area (Å²) in [6.07, 6.45) is 0. The molecular weight excluding hydrogens is 1790 g/mol. The van der Waals surface area contributed by atoms with Crippen LogP contribution in [0.25, 0.3) is 0 Å². The lowest BCUT2D eigenvalue weighted by molar-refractivity contribution is -0.386. The minimum absolute atomic E-state index is 0.000241. The molecule has 4 amide bonds. The lowest BCUT2D eigenvalue weighted by atomic mass is 10.1. The predicted molar refractivity (Wildman–Crippen MR) is 350 cm³/mol. The van der Waals surface area contributed by atoms with E-state index in [1.165, 1.54) is 121 Å². The van der Waals surface area contributed by atoms with Crippen molar-refractivity contribution >= 4 is 217 Å². The molecule has 0 spiro atoms. The third-order valence-electron chi connectivity index (χ3n) is 11.5. The van der Waals surface area contributed by atoms with Gasteiger partial charge in [0.15, 0.2) is 0 Å². The maximum atomic E-state index is 13.9. The Balaban J connectivity index is 1.12. The summed E-state index contributed by atoms with van der Waals surface area (Å²) in [5.74, 6) is -4.16. The molecule has 7 aromatic rings. The van der Waals surface area contributed by atoms with Crippen LogP contribution in [-0.4, -0.2) is 55.6 Å². The summed E-state index contributed by atoms with van der Waals surface area (Å²) < 4.78 is 22.4. The smallest absolute Gasteiger partial charge is 0.340 e. The summed E-state index contributed by atoms with van der Waals surface area (Å²) in [4.78, 5) is 127. The number of hydrogen-bond donors (Lipinski definition) is 4. The van der Waals surface area contributed by atoms with Gasteiger partial charge in [0.25, 0.3) is 22.7 Å².